The second-order valence-corrected chi connectivity index (χ2v) is 7.08. The maximum atomic E-state index is 9.52. The molecule has 26 heavy (non-hydrogen) atoms. The minimum atomic E-state index is 0.0321. The van der Waals surface area contributed by atoms with Crippen molar-refractivity contribution >= 4 is 29.1 Å². The molecule has 0 aliphatic heterocycles. The third kappa shape index (κ3) is 5.11. The van der Waals surface area contributed by atoms with Crippen molar-refractivity contribution in [3.63, 3.8) is 0 Å². The van der Waals surface area contributed by atoms with Crippen LogP contribution in [0.1, 0.15) is 16.9 Å². The molecule has 0 atom stereocenters. The smallest absolute Gasteiger partial charge is 0.166 e. The van der Waals surface area contributed by atoms with E-state index in [-0.39, 0.29) is 6.61 Å². The Hall–Kier alpha value is -2.28. The van der Waals surface area contributed by atoms with E-state index in [9.17, 15) is 5.11 Å². The minimum Gasteiger partial charge on any atom is -0.467 e. The van der Waals surface area contributed by atoms with Crippen LogP contribution in [0, 0.1) is 0 Å². The lowest BCUT2D eigenvalue weighted by molar-refractivity contribution is 0.279. The summed E-state index contributed by atoms with van der Waals surface area (Å²) in [5.74, 6) is 0.839. The first-order chi connectivity index (χ1) is 12.8. The fraction of sp³-hybridized carbons (Fsp3) is 0.150. The van der Waals surface area contributed by atoms with E-state index in [2.05, 4.69) is 22.8 Å². The topological polar surface area (TPSA) is 57.4 Å². The molecular formula is C20H20N2O2S2. The third-order valence-corrected chi connectivity index (χ3v) is 5.30. The van der Waals surface area contributed by atoms with Crippen molar-refractivity contribution in [1.29, 1.82) is 0 Å². The summed E-state index contributed by atoms with van der Waals surface area (Å²) in [5.41, 5.74) is 2.07. The van der Waals surface area contributed by atoms with Gasteiger partial charge in [0.05, 0.1) is 19.4 Å². The number of hydrogen-bond acceptors (Lipinski definition) is 4. The standard InChI is InChI=1S/C20H20N2O2S2/c23-14-16-7-2-4-10-19(16)26-18-9-3-1-6-15(18)12-21-20(25)22-13-17-8-5-11-24-17/h1-11,23H,12-14H2,(H2,21,22,25). The molecule has 134 valence electrons. The summed E-state index contributed by atoms with van der Waals surface area (Å²) in [6.07, 6.45) is 1.64. The molecule has 0 aliphatic carbocycles. The Bertz CT molecular complexity index is 851. The lowest BCUT2D eigenvalue weighted by Gasteiger charge is -2.13. The Labute approximate surface area is 162 Å². The molecule has 1 aromatic heterocycles. The molecule has 0 fully saturated rings. The molecule has 0 bridgehead atoms. The van der Waals surface area contributed by atoms with E-state index in [4.69, 9.17) is 16.6 Å². The van der Waals surface area contributed by atoms with Gasteiger partial charge >= 0.3 is 0 Å². The molecule has 0 radical (unpaired) electrons. The summed E-state index contributed by atoms with van der Waals surface area (Å²) in [4.78, 5) is 2.19. The number of hydrogen-bond donors (Lipinski definition) is 3. The van der Waals surface area contributed by atoms with Crippen LogP contribution >= 0.6 is 24.0 Å². The molecule has 2 aromatic carbocycles. The molecule has 0 unspecified atom stereocenters. The second kappa shape index (κ2) is 9.43. The van der Waals surface area contributed by atoms with Crippen LogP contribution in [-0.2, 0) is 19.7 Å². The summed E-state index contributed by atoms with van der Waals surface area (Å²) in [7, 11) is 0. The molecule has 6 heteroatoms. The van der Waals surface area contributed by atoms with E-state index in [0.717, 1.165) is 26.7 Å². The Morgan fingerprint density at radius 2 is 1.54 bits per heavy atom. The number of aliphatic hydroxyl groups is 1. The summed E-state index contributed by atoms with van der Waals surface area (Å²) < 4.78 is 5.28. The number of nitrogens with one attached hydrogen (secondary N) is 2. The molecule has 3 rings (SSSR count). The van der Waals surface area contributed by atoms with Crippen molar-refractivity contribution in [1.82, 2.24) is 10.6 Å². The van der Waals surface area contributed by atoms with Crippen LogP contribution in [0.2, 0.25) is 0 Å². The van der Waals surface area contributed by atoms with Crippen LogP contribution in [0.15, 0.2) is 81.1 Å². The van der Waals surface area contributed by atoms with Gasteiger partial charge in [-0.2, -0.15) is 0 Å². The van der Waals surface area contributed by atoms with Gasteiger partial charge in [0.1, 0.15) is 5.76 Å². The average molecular weight is 385 g/mol. The maximum Gasteiger partial charge on any atom is 0.166 e. The van der Waals surface area contributed by atoms with Gasteiger partial charge < -0.3 is 20.2 Å². The van der Waals surface area contributed by atoms with E-state index in [1.807, 2.05) is 48.5 Å². The molecular weight excluding hydrogens is 364 g/mol. The van der Waals surface area contributed by atoms with Gasteiger partial charge in [-0.25, -0.2) is 0 Å². The predicted octanol–water partition coefficient (Wildman–Crippen LogP) is 4.09. The summed E-state index contributed by atoms with van der Waals surface area (Å²) in [5, 5.41) is 16.5. The van der Waals surface area contributed by atoms with Gasteiger partial charge in [-0.15, -0.1) is 0 Å². The van der Waals surface area contributed by atoms with Crippen molar-refractivity contribution in [3.05, 3.63) is 83.8 Å². The van der Waals surface area contributed by atoms with Crippen molar-refractivity contribution in [3.8, 4) is 0 Å². The molecule has 0 saturated carbocycles. The monoisotopic (exact) mass is 384 g/mol. The lowest BCUT2D eigenvalue weighted by atomic mass is 10.2. The fourth-order valence-corrected chi connectivity index (χ4v) is 3.63. The van der Waals surface area contributed by atoms with Crippen LogP contribution in [0.4, 0.5) is 0 Å². The average Bonchev–Trinajstić information content (AvgIpc) is 3.20. The number of benzene rings is 2. The molecule has 0 amide bonds. The van der Waals surface area contributed by atoms with Gasteiger partial charge in [0.25, 0.3) is 0 Å². The minimum absolute atomic E-state index is 0.0321. The van der Waals surface area contributed by atoms with Crippen molar-refractivity contribution < 1.29 is 9.52 Å². The highest BCUT2D eigenvalue weighted by Gasteiger charge is 2.08. The highest BCUT2D eigenvalue weighted by atomic mass is 32.2. The van der Waals surface area contributed by atoms with Gasteiger partial charge in [-0.1, -0.05) is 48.2 Å². The first-order valence-electron chi connectivity index (χ1n) is 8.25. The highest BCUT2D eigenvalue weighted by molar-refractivity contribution is 7.99. The normalized spacial score (nSPS) is 10.5. The largest absolute Gasteiger partial charge is 0.467 e. The lowest BCUT2D eigenvalue weighted by Crippen LogP contribution is -2.34. The van der Waals surface area contributed by atoms with Crippen molar-refractivity contribution in [2.45, 2.75) is 29.5 Å². The maximum absolute atomic E-state index is 9.52. The van der Waals surface area contributed by atoms with Crippen molar-refractivity contribution in [2.24, 2.45) is 0 Å². The zero-order valence-corrected chi connectivity index (χ0v) is 15.8. The van der Waals surface area contributed by atoms with E-state index in [1.165, 1.54) is 0 Å². The molecule has 4 nitrogen and oxygen atoms in total. The van der Waals surface area contributed by atoms with Crippen LogP contribution in [0.25, 0.3) is 0 Å². The summed E-state index contributed by atoms with van der Waals surface area (Å²) in [6.45, 7) is 1.21. The van der Waals surface area contributed by atoms with Gasteiger partial charge in [0.2, 0.25) is 0 Å². The highest BCUT2D eigenvalue weighted by Crippen LogP contribution is 2.32. The zero-order valence-electron chi connectivity index (χ0n) is 14.1. The fourth-order valence-electron chi connectivity index (χ4n) is 2.42. The predicted molar refractivity (Wildman–Crippen MR) is 108 cm³/mol. The van der Waals surface area contributed by atoms with Crippen LogP contribution in [0.5, 0.6) is 0 Å². The summed E-state index contributed by atoms with van der Waals surface area (Å²) in [6, 6.07) is 19.8. The van der Waals surface area contributed by atoms with Gasteiger partial charge in [-0.05, 0) is 47.6 Å². The van der Waals surface area contributed by atoms with Crippen LogP contribution in [0.3, 0.4) is 0 Å². The van der Waals surface area contributed by atoms with Crippen LogP contribution in [-0.4, -0.2) is 10.2 Å². The molecule has 3 N–H and O–H groups in total. The summed E-state index contributed by atoms with van der Waals surface area (Å²) >= 11 is 6.98. The number of aliphatic hydroxyl groups excluding tert-OH is 1. The first-order valence-corrected chi connectivity index (χ1v) is 9.47. The van der Waals surface area contributed by atoms with Gasteiger partial charge in [0, 0.05) is 16.3 Å². The van der Waals surface area contributed by atoms with Crippen LogP contribution < -0.4 is 10.6 Å². The molecule has 0 spiro atoms. The quantitative estimate of drug-likeness (QED) is 0.534. The Morgan fingerprint density at radius 1 is 0.885 bits per heavy atom. The first kappa shape index (κ1) is 18.5. The van der Waals surface area contributed by atoms with Crippen molar-refractivity contribution in [2.75, 3.05) is 0 Å². The molecule has 3 aromatic rings. The van der Waals surface area contributed by atoms with E-state index >= 15 is 0 Å². The Kier molecular flexibility index (Phi) is 6.71. The molecule has 0 aliphatic rings. The second-order valence-electron chi connectivity index (χ2n) is 5.59. The molecule has 0 saturated heterocycles. The number of rotatable bonds is 7. The van der Waals surface area contributed by atoms with E-state index in [0.29, 0.717) is 18.2 Å². The van der Waals surface area contributed by atoms with E-state index in [1.54, 1.807) is 18.0 Å². The number of furan rings is 1. The Balaban J connectivity index is 1.61. The zero-order chi connectivity index (χ0) is 18.2. The van der Waals surface area contributed by atoms with Gasteiger partial charge in [0.15, 0.2) is 5.11 Å². The van der Waals surface area contributed by atoms with Gasteiger partial charge in [-0.3, -0.25) is 0 Å². The SMILES string of the molecule is OCc1ccccc1Sc1ccccc1CNC(=S)NCc1ccco1. The molecule has 1 heterocycles. The Morgan fingerprint density at radius 3 is 2.23 bits per heavy atom. The third-order valence-electron chi connectivity index (χ3n) is 3.78. The van der Waals surface area contributed by atoms with E-state index < -0.39 is 0 Å². The number of thiocarbonyl (C=S) groups is 1.